The molecule has 5 heteroatoms. The smallest absolute Gasteiger partial charge is 0.234 e. The molecule has 116 valence electrons. The molecule has 0 radical (unpaired) electrons. The summed E-state index contributed by atoms with van der Waals surface area (Å²) in [5, 5.41) is 3.53. The Kier molecular flexibility index (Phi) is 5.55. The zero-order valence-corrected chi connectivity index (χ0v) is 14.2. The third kappa shape index (κ3) is 4.84. The standard InChI is InChI=1S/C17H21N3OS/c1-11(2)14-5-7-15(8-6-14)20-16(21)10-22-17-18-12(3)9-13(4)19-17/h5-9,11H,10H2,1-4H3,(H,20,21). The van der Waals surface area contributed by atoms with E-state index < -0.39 is 0 Å². The number of carbonyl (C=O) groups excluding carboxylic acids is 1. The summed E-state index contributed by atoms with van der Waals surface area (Å²) in [5.41, 5.74) is 3.91. The van der Waals surface area contributed by atoms with Crippen LogP contribution in [0.15, 0.2) is 35.5 Å². The van der Waals surface area contributed by atoms with E-state index in [4.69, 9.17) is 0 Å². The van der Waals surface area contributed by atoms with Gasteiger partial charge in [0, 0.05) is 17.1 Å². The fourth-order valence-electron chi connectivity index (χ4n) is 2.04. The lowest BCUT2D eigenvalue weighted by molar-refractivity contribution is -0.113. The monoisotopic (exact) mass is 315 g/mol. The van der Waals surface area contributed by atoms with Gasteiger partial charge >= 0.3 is 0 Å². The minimum Gasteiger partial charge on any atom is -0.325 e. The Morgan fingerprint density at radius 2 is 1.73 bits per heavy atom. The first-order valence-electron chi connectivity index (χ1n) is 7.29. The summed E-state index contributed by atoms with van der Waals surface area (Å²) in [6.07, 6.45) is 0. The van der Waals surface area contributed by atoms with Crippen molar-refractivity contribution in [1.82, 2.24) is 9.97 Å². The van der Waals surface area contributed by atoms with Gasteiger partial charge < -0.3 is 5.32 Å². The predicted molar refractivity (Wildman–Crippen MR) is 91.4 cm³/mol. The average molecular weight is 315 g/mol. The molecule has 1 amide bonds. The number of rotatable bonds is 5. The number of aromatic nitrogens is 2. The highest BCUT2D eigenvalue weighted by Crippen LogP contribution is 2.18. The molecule has 0 saturated heterocycles. The van der Waals surface area contributed by atoms with E-state index in [-0.39, 0.29) is 5.91 Å². The predicted octanol–water partition coefficient (Wildman–Crippen LogP) is 3.95. The van der Waals surface area contributed by atoms with Gasteiger partial charge in [0.2, 0.25) is 5.91 Å². The second kappa shape index (κ2) is 7.40. The molecule has 1 heterocycles. The Morgan fingerprint density at radius 3 is 2.27 bits per heavy atom. The van der Waals surface area contributed by atoms with Gasteiger partial charge in [-0.25, -0.2) is 9.97 Å². The maximum atomic E-state index is 12.0. The SMILES string of the molecule is Cc1cc(C)nc(SCC(=O)Nc2ccc(C(C)C)cc2)n1. The van der Waals surface area contributed by atoms with E-state index in [9.17, 15) is 4.79 Å². The lowest BCUT2D eigenvalue weighted by Gasteiger charge is -2.08. The van der Waals surface area contributed by atoms with Crippen LogP contribution in [0, 0.1) is 13.8 Å². The summed E-state index contributed by atoms with van der Waals surface area (Å²) in [7, 11) is 0. The van der Waals surface area contributed by atoms with Crippen molar-refractivity contribution in [1.29, 1.82) is 0 Å². The van der Waals surface area contributed by atoms with Gasteiger partial charge in [-0.1, -0.05) is 37.7 Å². The maximum Gasteiger partial charge on any atom is 0.234 e. The Hall–Kier alpha value is -1.88. The number of hydrogen-bond donors (Lipinski definition) is 1. The fourth-order valence-corrected chi connectivity index (χ4v) is 2.79. The summed E-state index contributed by atoms with van der Waals surface area (Å²) in [6.45, 7) is 8.15. The molecule has 0 atom stereocenters. The first-order chi connectivity index (χ1) is 10.4. The van der Waals surface area contributed by atoms with E-state index in [0.717, 1.165) is 17.1 Å². The van der Waals surface area contributed by atoms with E-state index in [1.165, 1.54) is 17.3 Å². The summed E-state index contributed by atoms with van der Waals surface area (Å²) in [4.78, 5) is 20.6. The molecule has 1 aromatic heterocycles. The lowest BCUT2D eigenvalue weighted by atomic mass is 10.0. The molecular formula is C17H21N3OS. The fraction of sp³-hybridized carbons (Fsp3) is 0.353. The number of nitrogens with one attached hydrogen (secondary N) is 1. The molecule has 0 fully saturated rings. The molecule has 22 heavy (non-hydrogen) atoms. The van der Waals surface area contributed by atoms with Crippen LogP contribution < -0.4 is 5.32 Å². The normalized spacial score (nSPS) is 10.8. The molecule has 0 spiro atoms. The Balaban J connectivity index is 1.90. The molecule has 4 nitrogen and oxygen atoms in total. The lowest BCUT2D eigenvalue weighted by Crippen LogP contribution is -2.14. The summed E-state index contributed by atoms with van der Waals surface area (Å²) in [5.74, 6) is 0.738. The summed E-state index contributed by atoms with van der Waals surface area (Å²) < 4.78 is 0. The van der Waals surface area contributed by atoms with Crippen LogP contribution in [0.1, 0.15) is 36.7 Å². The van der Waals surface area contributed by atoms with Crippen LogP contribution in [0.3, 0.4) is 0 Å². The van der Waals surface area contributed by atoms with Crippen molar-refractivity contribution in [3.05, 3.63) is 47.3 Å². The van der Waals surface area contributed by atoms with Crippen molar-refractivity contribution in [2.45, 2.75) is 38.8 Å². The molecule has 0 bridgehead atoms. The molecule has 0 aliphatic carbocycles. The topological polar surface area (TPSA) is 54.9 Å². The van der Waals surface area contributed by atoms with Gasteiger partial charge in [0.05, 0.1) is 5.75 Å². The van der Waals surface area contributed by atoms with Gasteiger partial charge in [-0.3, -0.25) is 4.79 Å². The van der Waals surface area contributed by atoms with Crippen molar-refractivity contribution in [2.24, 2.45) is 0 Å². The minimum atomic E-state index is -0.0509. The number of anilines is 1. The molecule has 0 aliphatic heterocycles. The number of aryl methyl sites for hydroxylation is 2. The second-order valence-corrected chi connectivity index (χ2v) is 6.49. The number of benzene rings is 1. The van der Waals surface area contributed by atoms with Crippen LogP contribution in [-0.2, 0) is 4.79 Å². The average Bonchev–Trinajstić information content (AvgIpc) is 2.45. The third-order valence-electron chi connectivity index (χ3n) is 3.16. The van der Waals surface area contributed by atoms with Gasteiger partial charge in [0.1, 0.15) is 0 Å². The van der Waals surface area contributed by atoms with Crippen LogP contribution in [0.5, 0.6) is 0 Å². The van der Waals surface area contributed by atoms with E-state index in [0.29, 0.717) is 16.8 Å². The third-order valence-corrected chi connectivity index (χ3v) is 4.00. The highest BCUT2D eigenvalue weighted by molar-refractivity contribution is 7.99. The van der Waals surface area contributed by atoms with Crippen LogP contribution in [0.4, 0.5) is 5.69 Å². The molecule has 2 rings (SSSR count). The number of nitrogens with zero attached hydrogens (tertiary/aromatic N) is 2. The van der Waals surface area contributed by atoms with E-state index in [1.54, 1.807) is 0 Å². The van der Waals surface area contributed by atoms with Crippen LogP contribution in [0.25, 0.3) is 0 Å². The number of carbonyl (C=O) groups is 1. The first-order valence-corrected chi connectivity index (χ1v) is 8.27. The van der Waals surface area contributed by atoms with E-state index in [1.807, 2.05) is 44.2 Å². The van der Waals surface area contributed by atoms with Crippen molar-refractivity contribution >= 4 is 23.4 Å². The second-order valence-electron chi connectivity index (χ2n) is 5.55. The largest absolute Gasteiger partial charge is 0.325 e. The van der Waals surface area contributed by atoms with Crippen molar-refractivity contribution in [2.75, 3.05) is 11.1 Å². The van der Waals surface area contributed by atoms with Gasteiger partial charge in [-0.15, -0.1) is 0 Å². The van der Waals surface area contributed by atoms with Crippen molar-refractivity contribution in [3.63, 3.8) is 0 Å². The van der Waals surface area contributed by atoms with Gasteiger partial charge in [-0.2, -0.15) is 0 Å². The highest BCUT2D eigenvalue weighted by Gasteiger charge is 2.07. The number of hydrogen-bond acceptors (Lipinski definition) is 4. The Labute approximate surface area is 135 Å². The van der Waals surface area contributed by atoms with Gasteiger partial charge in [0.25, 0.3) is 0 Å². The van der Waals surface area contributed by atoms with Gasteiger partial charge in [-0.05, 0) is 43.5 Å². The highest BCUT2D eigenvalue weighted by atomic mass is 32.2. The van der Waals surface area contributed by atoms with E-state index in [2.05, 4.69) is 29.1 Å². The van der Waals surface area contributed by atoms with Crippen molar-refractivity contribution < 1.29 is 4.79 Å². The Bertz CT molecular complexity index is 633. The molecule has 1 N–H and O–H groups in total. The molecule has 1 aromatic carbocycles. The van der Waals surface area contributed by atoms with Crippen LogP contribution >= 0.6 is 11.8 Å². The maximum absolute atomic E-state index is 12.0. The number of thioether (sulfide) groups is 1. The molecular weight excluding hydrogens is 294 g/mol. The quantitative estimate of drug-likeness (QED) is 0.670. The zero-order chi connectivity index (χ0) is 16.1. The zero-order valence-electron chi connectivity index (χ0n) is 13.4. The molecule has 0 aliphatic rings. The molecule has 0 saturated carbocycles. The summed E-state index contributed by atoms with van der Waals surface area (Å²) in [6, 6.07) is 9.87. The summed E-state index contributed by atoms with van der Waals surface area (Å²) >= 11 is 1.35. The first kappa shape index (κ1) is 16.5. The van der Waals surface area contributed by atoms with Crippen LogP contribution in [0.2, 0.25) is 0 Å². The molecule has 2 aromatic rings. The Morgan fingerprint density at radius 1 is 1.14 bits per heavy atom. The van der Waals surface area contributed by atoms with E-state index >= 15 is 0 Å². The minimum absolute atomic E-state index is 0.0509. The van der Waals surface area contributed by atoms with Crippen molar-refractivity contribution in [3.8, 4) is 0 Å². The van der Waals surface area contributed by atoms with Crippen LogP contribution in [-0.4, -0.2) is 21.6 Å². The van der Waals surface area contributed by atoms with Gasteiger partial charge in [0.15, 0.2) is 5.16 Å². The molecule has 0 unspecified atom stereocenters. The number of amides is 1.